The quantitative estimate of drug-likeness (QED) is 0.752. The highest BCUT2D eigenvalue weighted by Gasteiger charge is 2.25. The van der Waals surface area contributed by atoms with Crippen molar-refractivity contribution in [3.8, 4) is 6.07 Å². The summed E-state index contributed by atoms with van der Waals surface area (Å²) in [6, 6.07) is 13.1. The number of carbonyl (C=O) groups is 2. The smallest absolute Gasteiger partial charge is 0.332 e. The summed E-state index contributed by atoms with van der Waals surface area (Å²) in [7, 11) is 0. The predicted molar refractivity (Wildman–Crippen MR) is 114 cm³/mol. The highest BCUT2D eigenvalue weighted by atomic mass is 16.6. The number of hydrogen-bond donors (Lipinski definition) is 1. The SMILES string of the molecule is CC(C)(C)OC(=O)COC1CCC(NC(=O)c2ccc3cc(C#N)ccc3c2)CC1. The molecule has 1 aliphatic rings. The van der Waals surface area contributed by atoms with Crippen molar-refractivity contribution in [1.29, 1.82) is 5.26 Å². The maximum atomic E-state index is 12.7. The summed E-state index contributed by atoms with van der Waals surface area (Å²) >= 11 is 0. The van der Waals surface area contributed by atoms with Crippen LogP contribution in [0.4, 0.5) is 0 Å². The van der Waals surface area contributed by atoms with Gasteiger partial charge in [0.25, 0.3) is 5.91 Å². The van der Waals surface area contributed by atoms with Crippen molar-refractivity contribution < 1.29 is 19.1 Å². The number of carbonyl (C=O) groups excluding carboxylic acids is 2. The second-order valence-electron chi connectivity index (χ2n) is 8.73. The molecule has 158 valence electrons. The van der Waals surface area contributed by atoms with Gasteiger partial charge in [-0.15, -0.1) is 0 Å². The predicted octanol–water partition coefficient (Wildman–Crippen LogP) is 4.11. The number of nitrogens with one attached hydrogen (secondary N) is 1. The zero-order valence-corrected chi connectivity index (χ0v) is 17.7. The van der Waals surface area contributed by atoms with Crippen molar-refractivity contribution in [2.45, 2.75) is 64.2 Å². The second kappa shape index (κ2) is 9.27. The Morgan fingerprint density at radius 2 is 1.73 bits per heavy atom. The molecule has 0 unspecified atom stereocenters. The topological polar surface area (TPSA) is 88.4 Å². The molecular weight excluding hydrogens is 380 g/mol. The zero-order chi connectivity index (χ0) is 21.7. The van der Waals surface area contributed by atoms with Crippen LogP contribution in [0.2, 0.25) is 0 Å². The molecule has 0 radical (unpaired) electrons. The van der Waals surface area contributed by atoms with Gasteiger partial charge in [-0.2, -0.15) is 5.26 Å². The highest BCUT2D eigenvalue weighted by Crippen LogP contribution is 2.23. The normalized spacial score (nSPS) is 19.1. The van der Waals surface area contributed by atoms with Gasteiger partial charge < -0.3 is 14.8 Å². The average Bonchev–Trinajstić information content (AvgIpc) is 2.71. The van der Waals surface area contributed by atoms with Crippen molar-refractivity contribution in [3.63, 3.8) is 0 Å². The molecule has 0 aliphatic heterocycles. The second-order valence-corrected chi connectivity index (χ2v) is 8.73. The Morgan fingerprint density at radius 3 is 2.40 bits per heavy atom. The van der Waals surface area contributed by atoms with Crippen LogP contribution in [0.15, 0.2) is 36.4 Å². The van der Waals surface area contributed by atoms with E-state index < -0.39 is 5.60 Å². The van der Waals surface area contributed by atoms with Gasteiger partial charge in [0.15, 0.2) is 0 Å². The van der Waals surface area contributed by atoms with Gasteiger partial charge in [0.2, 0.25) is 0 Å². The number of nitrogens with zero attached hydrogens (tertiary/aromatic N) is 1. The first-order valence-electron chi connectivity index (χ1n) is 10.3. The summed E-state index contributed by atoms with van der Waals surface area (Å²) in [6.07, 6.45) is 3.22. The minimum absolute atomic E-state index is 0.0145. The number of benzene rings is 2. The lowest BCUT2D eigenvalue weighted by Crippen LogP contribution is -2.39. The molecule has 6 nitrogen and oxygen atoms in total. The fourth-order valence-corrected chi connectivity index (χ4v) is 3.66. The largest absolute Gasteiger partial charge is 0.458 e. The number of hydrogen-bond acceptors (Lipinski definition) is 5. The van der Waals surface area contributed by atoms with Gasteiger partial charge in [0.05, 0.1) is 17.7 Å². The number of fused-ring (bicyclic) bond motifs is 1. The van der Waals surface area contributed by atoms with Crippen molar-refractivity contribution >= 4 is 22.6 Å². The van der Waals surface area contributed by atoms with Crippen LogP contribution in [0.1, 0.15) is 62.4 Å². The summed E-state index contributed by atoms with van der Waals surface area (Å²) in [6.45, 7) is 5.46. The third kappa shape index (κ3) is 6.04. The molecule has 0 bridgehead atoms. The van der Waals surface area contributed by atoms with Crippen molar-refractivity contribution in [1.82, 2.24) is 5.32 Å². The summed E-state index contributed by atoms with van der Waals surface area (Å²) < 4.78 is 10.9. The molecule has 0 aromatic heterocycles. The van der Waals surface area contributed by atoms with E-state index in [1.165, 1.54) is 0 Å². The number of rotatable bonds is 5. The average molecular weight is 408 g/mol. The number of esters is 1. The first-order valence-corrected chi connectivity index (χ1v) is 10.3. The summed E-state index contributed by atoms with van der Waals surface area (Å²) in [5.41, 5.74) is 0.698. The Hall–Kier alpha value is -2.91. The van der Waals surface area contributed by atoms with E-state index in [1.807, 2.05) is 45.0 Å². The Labute approximate surface area is 177 Å². The minimum atomic E-state index is -0.511. The van der Waals surface area contributed by atoms with E-state index in [9.17, 15) is 9.59 Å². The lowest BCUT2D eigenvalue weighted by Gasteiger charge is -2.29. The lowest BCUT2D eigenvalue weighted by atomic mass is 9.92. The van der Waals surface area contributed by atoms with Gasteiger partial charge in [0.1, 0.15) is 12.2 Å². The van der Waals surface area contributed by atoms with E-state index in [2.05, 4.69) is 11.4 Å². The molecule has 2 aromatic rings. The van der Waals surface area contributed by atoms with Gasteiger partial charge in [0, 0.05) is 11.6 Å². The monoisotopic (exact) mass is 408 g/mol. The van der Waals surface area contributed by atoms with Gasteiger partial charge in [-0.3, -0.25) is 4.79 Å². The Kier molecular flexibility index (Phi) is 6.73. The van der Waals surface area contributed by atoms with Gasteiger partial charge >= 0.3 is 5.97 Å². The van der Waals surface area contributed by atoms with Crippen LogP contribution in [-0.2, 0) is 14.3 Å². The van der Waals surface area contributed by atoms with Crippen LogP contribution in [0.25, 0.3) is 10.8 Å². The molecule has 30 heavy (non-hydrogen) atoms. The molecule has 1 fully saturated rings. The Morgan fingerprint density at radius 1 is 1.07 bits per heavy atom. The molecule has 0 spiro atoms. The van der Waals surface area contributed by atoms with Crippen LogP contribution in [0.3, 0.4) is 0 Å². The van der Waals surface area contributed by atoms with Crippen LogP contribution in [-0.4, -0.2) is 36.2 Å². The van der Waals surface area contributed by atoms with Crippen LogP contribution >= 0.6 is 0 Å². The first-order chi connectivity index (χ1) is 14.2. The zero-order valence-electron chi connectivity index (χ0n) is 17.7. The highest BCUT2D eigenvalue weighted by molar-refractivity contribution is 5.98. The minimum Gasteiger partial charge on any atom is -0.458 e. The summed E-state index contributed by atoms with van der Waals surface area (Å²) in [5.74, 6) is -0.449. The lowest BCUT2D eigenvalue weighted by molar-refractivity contribution is -0.162. The maximum absolute atomic E-state index is 12.7. The van der Waals surface area contributed by atoms with E-state index in [4.69, 9.17) is 14.7 Å². The molecule has 0 saturated heterocycles. The number of amides is 1. The fraction of sp³-hybridized carbons (Fsp3) is 0.458. The van der Waals surface area contributed by atoms with Crippen LogP contribution in [0, 0.1) is 11.3 Å². The van der Waals surface area contributed by atoms with E-state index >= 15 is 0 Å². The van der Waals surface area contributed by atoms with Crippen molar-refractivity contribution in [2.75, 3.05) is 6.61 Å². The third-order valence-electron chi connectivity index (χ3n) is 5.10. The number of nitriles is 1. The molecule has 1 N–H and O–H groups in total. The molecule has 1 amide bonds. The Balaban J connectivity index is 1.48. The Bertz CT molecular complexity index is 963. The summed E-state index contributed by atoms with van der Waals surface area (Å²) in [5, 5.41) is 14.0. The van der Waals surface area contributed by atoms with E-state index in [-0.39, 0.29) is 30.6 Å². The molecule has 0 heterocycles. The standard InChI is InChI=1S/C24H28N2O4/c1-24(2,3)30-22(27)15-29-21-10-8-20(9-11-21)26-23(28)19-7-6-17-12-16(14-25)4-5-18(17)13-19/h4-7,12-13,20-21H,8-11,15H2,1-3H3,(H,26,28). The molecule has 1 saturated carbocycles. The molecule has 2 aromatic carbocycles. The van der Waals surface area contributed by atoms with Crippen LogP contribution in [0.5, 0.6) is 0 Å². The van der Waals surface area contributed by atoms with E-state index in [0.29, 0.717) is 11.1 Å². The van der Waals surface area contributed by atoms with Gasteiger partial charge in [-0.05, 0) is 81.5 Å². The number of ether oxygens (including phenoxy) is 2. The molecule has 6 heteroatoms. The first kappa shape index (κ1) is 21.8. The van der Waals surface area contributed by atoms with Crippen molar-refractivity contribution in [3.05, 3.63) is 47.5 Å². The molecular formula is C24H28N2O4. The van der Waals surface area contributed by atoms with Crippen molar-refractivity contribution in [2.24, 2.45) is 0 Å². The summed E-state index contributed by atoms with van der Waals surface area (Å²) in [4.78, 5) is 24.4. The maximum Gasteiger partial charge on any atom is 0.332 e. The van der Waals surface area contributed by atoms with Gasteiger partial charge in [-0.25, -0.2) is 4.79 Å². The fourth-order valence-electron chi connectivity index (χ4n) is 3.66. The van der Waals surface area contributed by atoms with E-state index in [0.717, 1.165) is 36.5 Å². The third-order valence-corrected chi connectivity index (χ3v) is 5.10. The molecule has 1 aliphatic carbocycles. The van der Waals surface area contributed by atoms with Crippen LogP contribution < -0.4 is 5.32 Å². The van der Waals surface area contributed by atoms with Gasteiger partial charge in [-0.1, -0.05) is 12.1 Å². The van der Waals surface area contributed by atoms with E-state index in [1.54, 1.807) is 12.1 Å². The molecule has 0 atom stereocenters. The molecule has 3 rings (SSSR count).